The van der Waals surface area contributed by atoms with Gasteiger partial charge in [0, 0.05) is 0 Å². The minimum absolute atomic E-state index is 0.245. The molecule has 0 aliphatic rings. The van der Waals surface area contributed by atoms with Gasteiger partial charge in [0.1, 0.15) is 11.4 Å². The number of benzene rings is 2. The molecule has 2 heteroatoms. The highest BCUT2D eigenvalue weighted by atomic mass is 19.1. The van der Waals surface area contributed by atoms with Gasteiger partial charge in [-0.25, -0.2) is 4.39 Å². The summed E-state index contributed by atoms with van der Waals surface area (Å²) in [5, 5.41) is 10.9. The first-order valence-corrected chi connectivity index (χ1v) is 6.12. The van der Waals surface area contributed by atoms with Crippen LogP contribution in [0.3, 0.4) is 0 Å². The zero-order valence-electron chi connectivity index (χ0n) is 10.7. The molecule has 1 unspecified atom stereocenters. The van der Waals surface area contributed by atoms with Gasteiger partial charge >= 0.3 is 0 Å². The number of aryl methyl sites for hydroxylation is 1. The van der Waals surface area contributed by atoms with E-state index in [1.807, 2.05) is 37.3 Å². The second-order valence-electron chi connectivity index (χ2n) is 4.54. The molecule has 18 heavy (non-hydrogen) atoms. The zero-order valence-corrected chi connectivity index (χ0v) is 10.7. The van der Waals surface area contributed by atoms with Crippen molar-refractivity contribution in [1.82, 2.24) is 0 Å². The van der Waals surface area contributed by atoms with Crippen molar-refractivity contribution in [2.45, 2.75) is 25.9 Å². The zero-order chi connectivity index (χ0) is 13.2. The molecule has 0 aromatic heterocycles. The summed E-state index contributed by atoms with van der Waals surface area (Å²) in [4.78, 5) is 0. The molecule has 0 bridgehead atoms. The van der Waals surface area contributed by atoms with Crippen LogP contribution in [0.15, 0.2) is 48.5 Å². The van der Waals surface area contributed by atoms with E-state index in [2.05, 4.69) is 0 Å². The number of aliphatic hydroxyl groups is 1. The van der Waals surface area contributed by atoms with Gasteiger partial charge in [0.2, 0.25) is 0 Å². The largest absolute Gasteiger partial charge is 0.380 e. The number of hydrogen-bond acceptors (Lipinski definition) is 1. The van der Waals surface area contributed by atoms with Gasteiger partial charge in [-0.05, 0) is 42.2 Å². The van der Waals surface area contributed by atoms with Crippen LogP contribution in [-0.2, 0) is 5.60 Å². The van der Waals surface area contributed by atoms with Crippen LogP contribution in [-0.4, -0.2) is 5.11 Å². The van der Waals surface area contributed by atoms with Crippen molar-refractivity contribution < 1.29 is 9.50 Å². The highest BCUT2D eigenvalue weighted by Crippen LogP contribution is 2.33. The lowest BCUT2D eigenvalue weighted by atomic mass is 9.83. The quantitative estimate of drug-likeness (QED) is 0.871. The molecule has 0 aliphatic heterocycles. The molecule has 0 radical (unpaired) electrons. The minimum atomic E-state index is -1.06. The Morgan fingerprint density at radius 3 is 2.28 bits per heavy atom. The molecule has 0 saturated heterocycles. The van der Waals surface area contributed by atoms with Crippen molar-refractivity contribution in [3.63, 3.8) is 0 Å². The highest BCUT2D eigenvalue weighted by Gasteiger charge is 2.29. The smallest absolute Gasteiger partial charge is 0.126 e. The number of halogens is 1. The first kappa shape index (κ1) is 12.8. The molecule has 1 nitrogen and oxygen atoms in total. The van der Waals surface area contributed by atoms with E-state index in [1.165, 1.54) is 6.07 Å². The van der Waals surface area contributed by atoms with Gasteiger partial charge in [-0.3, -0.25) is 0 Å². The molecule has 0 heterocycles. The molecular formula is C16H17FO. The number of hydrogen-bond donors (Lipinski definition) is 1. The standard InChI is InChI=1S/C16H17FO/c1-3-16(18,13-7-5-4-6-8-13)14-9-10-15(17)12(2)11-14/h4-11,18H,3H2,1-2H3. The average molecular weight is 244 g/mol. The van der Waals surface area contributed by atoms with Crippen molar-refractivity contribution in [3.05, 3.63) is 71.0 Å². The predicted octanol–water partition coefficient (Wildman–Crippen LogP) is 3.78. The summed E-state index contributed by atoms with van der Waals surface area (Å²) >= 11 is 0. The molecule has 2 aromatic carbocycles. The van der Waals surface area contributed by atoms with E-state index >= 15 is 0 Å². The lowest BCUT2D eigenvalue weighted by Crippen LogP contribution is -2.26. The third-order valence-electron chi connectivity index (χ3n) is 3.40. The SMILES string of the molecule is CCC(O)(c1ccccc1)c1ccc(F)c(C)c1. The van der Waals surface area contributed by atoms with Gasteiger partial charge in [-0.15, -0.1) is 0 Å². The van der Waals surface area contributed by atoms with Crippen LogP contribution in [0.1, 0.15) is 30.0 Å². The van der Waals surface area contributed by atoms with E-state index in [0.717, 1.165) is 11.1 Å². The molecule has 0 fully saturated rings. The summed E-state index contributed by atoms with van der Waals surface area (Å²) in [6.07, 6.45) is 0.544. The van der Waals surface area contributed by atoms with Crippen molar-refractivity contribution >= 4 is 0 Å². The maximum Gasteiger partial charge on any atom is 0.126 e. The van der Waals surface area contributed by atoms with Gasteiger partial charge < -0.3 is 5.11 Å². The molecule has 94 valence electrons. The molecule has 0 spiro atoms. The molecular weight excluding hydrogens is 227 g/mol. The summed E-state index contributed by atoms with van der Waals surface area (Å²) in [7, 11) is 0. The van der Waals surface area contributed by atoms with Crippen LogP contribution in [0.25, 0.3) is 0 Å². The van der Waals surface area contributed by atoms with Crippen molar-refractivity contribution in [2.24, 2.45) is 0 Å². The van der Waals surface area contributed by atoms with Gasteiger partial charge in [0.25, 0.3) is 0 Å². The van der Waals surface area contributed by atoms with E-state index in [-0.39, 0.29) is 5.82 Å². The second kappa shape index (κ2) is 4.91. The average Bonchev–Trinajstić information content (AvgIpc) is 2.42. The Bertz CT molecular complexity index is 536. The Balaban J connectivity index is 2.53. The van der Waals surface area contributed by atoms with Crippen LogP contribution >= 0.6 is 0 Å². The molecule has 1 N–H and O–H groups in total. The Hall–Kier alpha value is -1.67. The fourth-order valence-electron chi connectivity index (χ4n) is 2.19. The Morgan fingerprint density at radius 1 is 1.06 bits per heavy atom. The molecule has 0 aliphatic carbocycles. The van der Waals surface area contributed by atoms with Crippen molar-refractivity contribution in [2.75, 3.05) is 0 Å². The van der Waals surface area contributed by atoms with Crippen LogP contribution < -0.4 is 0 Å². The summed E-state index contributed by atoms with van der Waals surface area (Å²) < 4.78 is 13.3. The first-order valence-electron chi connectivity index (χ1n) is 6.12. The molecule has 1 atom stereocenters. The summed E-state index contributed by atoms with van der Waals surface area (Å²) in [5.74, 6) is -0.245. The van der Waals surface area contributed by atoms with E-state index in [1.54, 1.807) is 19.1 Å². The van der Waals surface area contributed by atoms with Crippen LogP contribution in [0.2, 0.25) is 0 Å². The summed E-state index contributed by atoms with van der Waals surface area (Å²) in [5.41, 5.74) is 1.06. The van der Waals surface area contributed by atoms with Gasteiger partial charge in [-0.2, -0.15) is 0 Å². The summed E-state index contributed by atoms with van der Waals surface area (Å²) in [6, 6.07) is 14.3. The van der Waals surface area contributed by atoms with E-state index in [4.69, 9.17) is 0 Å². The lowest BCUT2D eigenvalue weighted by molar-refractivity contribution is 0.0764. The minimum Gasteiger partial charge on any atom is -0.380 e. The third-order valence-corrected chi connectivity index (χ3v) is 3.40. The lowest BCUT2D eigenvalue weighted by Gasteiger charge is -2.28. The predicted molar refractivity (Wildman–Crippen MR) is 70.9 cm³/mol. The van der Waals surface area contributed by atoms with E-state index < -0.39 is 5.60 Å². The Labute approximate surface area is 107 Å². The molecule has 2 aromatic rings. The third kappa shape index (κ3) is 2.16. The maximum absolute atomic E-state index is 13.3. The van der Waals surface area contributed by atoms with Gasteiger partial charge in [-0.1, -0.05) is 43.3 Å². The summed E-state index contributed by atoms with van der Waals surface area (Å²) in [6.45, 7) is 3.63. The number of rotatable bonds is 3. The second-order valence-corrected chi connectivity index (χ2v) is 4.54. The van der Waals surface area contributed by atoms with Crippen molar-refractivity contribution in [1.29, 1.82) is 0 Å². The molecule has 0 amide bonds. The van der Waals surface area contributed by atoms with Crippen LogP contribution in [0, 0.1) is 12.7 Å². The fourth-order valence-corrected chi connectivity index (χ4v) is 2.19. The Morgan fingerprint density at radius 2 is 1.72 bits per heavy atom. The maximum atomic E-state index is 13.3. The first-order chi connectivity index (χ1) is 8.58. The Kier molecular flexibility index (Phi) is 3.48. The topological polar surface area (TPSA) is 20.2 Å². The normalized spacial score (nSPS) is 14.2. The van der Waals surface area contributed by atoms with Gasteiger partial charge in [0.05, 0.1) is 0 Å². The van der Waals surface area contributed by atoms with E-state index in [0.29, 0.717) is 12.0 Å². The molecule has 2 rings (SSSR count). The van der Waals surface area contributed by atoms with E-state index in [9.17, 15) is 9.50 Å². The fraction of sp³-hybridized carbons (Fsp3) is 0.250. The van der Waals surface area contributed by atoms with Crippen LogP contribution in [0.4, 0.5) is 4.39 Å². The monoisotopic (exact) mass is 244 g/mol. The van der Waals surface area contributed by atoms with Gasteiger partial charge in [0.15, 0.2) is 0 Å². The molecule has 0 saturated carbocycles. The van der Waals surface area contributed by atoms with Crippen LogP contribution in [0.5, 0.6) is 0 Å². The van der Waals surface area contributed by atoms with Crippen molar-refractivity contribution in [3.8, 4) is 0 Å². The highest BCUT2D eigenvalue weighted by molar-refractivity contribution is 5.37.